The number of nitrogens with one attached hydrogen (secondary N) is 1. The summed E-state index contributed by atoms with van der Waals surface area (Å²) in [6, 6.07) is 0. The number of H-pyrrole nitrogens is 1. The minimum Gasteiger partial charge on any atom is -0.310 e. The zero-order valence-corrected chi connectivity index (χ0v) is 13.8. The van der Waals surface area contributed by atoms with E-state index >= 15 is 0 Å². The average molecular weight is 316 g/mol. The molecule has 0 radical (unpaired) electrons. The first-order valence-corrected chi connectivity index (χ1v) is 8.69. The predicted molar refractivity (Wildman–Crippen MR) is 86.2 cm³/mol. The van der Waals surface area contributed by atoms with Gasteiger partial charge in [-0.1, -0.05) is 0 Å². The van der Waals surface area contributed by atoms with Crippen molar-refractivity contribution in [1.29, 1.82) is 0 Å². The van der Waals surface area contributed by atoms with E-state index in [4.69, 9.17) is 4.98 Å². The van der Waals surface area contributed by atoms with E-state index < -0.39 is 0 Å². The zero-order chi connectivity index (χ0) is 15.3. The van der Waals surface area contributed by atoms with E-state index in [9.17, 15) is 4.79 Å². The largest absolute Gasteiger partial charge is 0.310 e. The molecule has 22 heavy (non-hydrogen) atoms. The van der Waals surface area contributed by atoms with Gasteiger partial charge in [-0.3, -0.25) is 9.69 Å². The van der Waals surface area contributed by atoms with E-state index in [1.807, 2.05) is 0 Å². The van der Waals surface area contributed by atoms with Crippen molar-refractivity contribution in [1.82, 2.24) is 19.9 Å². The van der Waals surface area contributed by atoms with Gasteiger partial charge in [-0.2, -0.15) is 0 Å². The Hall–Kier alpha value is -1.53. The summed E-state index contributed by atoms with van der Waals surface area (Å²) < 4.78 is 0. The highest BCUT2D eigenvalue weighted by atomic mass is 32.1. The van der Waals surface area contributed by atoms with Gasteiger partial charge in [-0.15, -0.1) is 11.3 Å². The van der Waals surface area contributed by atoms with Gasteiger partial charge in [0.2, 0.25) is 0 Å². The Balaban J connectivity index is 1.58. The second-order valence-electron chi connectivity index (χ2n) is 6.35. The summed E-state index contributed by atoms with van der Waals surface area (Å²) in [5.41, 5.74) is 3.08. The Bertz CT molecular complexity index is 775. The van der Waals surface area contributed by atoms with Crippen LogP contribution in [0.15, 0.2) is 4.79 Å². The van der Waals surface area contributed by atoms with Gasteiger partial charge in [-0.05, 0) is 33.1 Å². The molecule has 1 fully saturated rings. The molecular weight excluding hydrogens is 296 g/mol. The number of fused-ring (bicyclic) bond motifs is 1. The molecule has 6 heteroatoms. The Morgan fingerprint density at radius 3 is 2.82 bits per heavy atom. The highest BCUT2D eigenvalue weighted by Crippen LogP contribution is 2.37. The van der Waals surface area contributed by atoms with Gasteiger partial charge in [0.25, 0.3) is 5.56 Å². The van der Waals surface area contributed by atoms with Crippen LogP contribution >= 0.6 is 11.3 Å². The summed E-state index contributed by atoms with van der Waals surface area (Å²) in [5.74, 6) is 1.38. The monoisotopic (exact) mass is 316 g/mol. The number of aromatic nitrogens is 3. The first kappa shape index (κ1) is 14.1. The summed E-state index contributed by atoms with van der Waals surface area (Å²) in [4.78, 5) is 28.2. The molecule has 2 aromatic heterocycles. The normalized spacial score (nSPS) is 18.5. The molecule has 0 unspecified atom stereocenters. The first-order valence-electron chi connectivity index (χ1n) is 7.87. The second kappa shape index (κ2) is 5.28. The lowest BCUT2D eigenvalue weighted by Crippen LogP contribution is -2.35. The molecule has 0 spiro atoms. The van der Waals surface area contributed by atoms with E-state index in [1.165, 1.54) is 4.88 Å². The highest BCUT2D eigenvalue weighted by molar-refractivity contribution is 7.11. The van der Waals surface area contributed by atoms with Gasteiger partial charge in [0.15, 0.2) is 0 Å². The van der Waals surface area contributed by atoms with Gasteiger partial charge in [0, 0.05) is 36.0 Å². The van der Waals surface area contributed by atoms with Crippen LogP contribution in [0.4, 0.5) is 0 Å². The molecule has 2 aromatic rings. The molecule has 0 aromatic carbocycles. The molecule has 116 valence electrons. The summed E-state index contributed by atoms with van der Waals surface area (Å²) in [5, 5.41) is 1.12. The Kier molecular flexibility index (Phi) is 3.38. The summed E-state index contributed by atoms with van der Waals surface area (Å²) in [6.45, 7) is 6.72. The van der Waals surface area contributed by atoms with Crippen molar-refractivity contribution < 1.29 is 0 Å². The van der Waals surface area contributed by atoms with E-state index in [0.717, 1.165) is 66.7 Å². The maximum atomic E-state index is 12.2. The van der Waals surface area contributed by atoms with E-state index in [1.54, 1.807) is 11.3 Å². The number of thiazole rings is 1. The standard InChI is InChI=1S/C16H20N4OS/c1-9-14(22-10(2)17-9)8-20-6-5-12-13(7-20)18-15(11-3-4-11)19-16(12)21/h11H,3-8H2,1-2H3,(H,18,19,21). The Morgan fingerprint density at radius 1 is 1.32 bits per heavy atom. The molecule has 1 aliphatic heterocycles. The molecule has 0 bridgehead atoms. The van der Waals surface area contributed by atoms with Crippen molar-refractivity contribution >= 4 is 11.3 Å². The van der Waals surface area contributed by atoms with Crippen LogP contribution in [-0.2, 0) is 19.5 Å². The van der Waals surface area contributed by atoms with Crippen LogP contribution in [0, 0.1) is 13.8 Å². The van der Waals surface area contributed by atoms with Crippen LogP contribution in [0.1, 0.15) is 51.4 Å². The van der Waals surface area contributed by atoms with Crippen molar-refractivity contribution in [3.05, 3.63) is 43.0 Å². The third-order valence-corrected chi connectivity index (χ3v) is 5.56. The van der Waals surface area contributed by atoms with Crippen molar-refractivity contribution in [2.24, 2.45) is 0 Å². The van der Waals surface area contributed by atoms with Crippen LogP contribution in [-0.4, -0.2) is 26.4 Å². The van der Waals surface area contributed by atoms with Gasteiger partial charge in [0.05, 0.1) is 16.4 Å². The fourth-order valence-corrected chi connectivity index (χ4v) is 4.10. The molecule has 4 rings (SSSR count). The summed E-state index contributed by atoms with van der Waals surface area (Å²) in [6.07, 6.45) is 3.11. The second-order valence-corrected chi connectivity index (χ2v) is 7.64. The van der Waals surface area contributed by atoms with Crippen LogP contribution in [0.3, 0.4) is 0 Å². The van der Waals surface area contributed by atoms with Crippen LogP contribution in [0.2, 0.25) is 0 Å². The Labute approximate surface area is 133 Å². The minimum atomic E-state index is 0.0800. The van der Waals surface area contributed by atoms with E-state index in [-0.39, 0.29) is 5.56 Å². The number of nitrogens with zero attached hydrogens (tertiary/aromatic N) is 3. The van der Waals surface area contributed by atoms with Crippen LogP contribution < -0.4 is 5.56 Å². The SMILES string of the molecule is Cc1nc(C)c(CN2CCc3c(nc(C4CC4)[nH]c3=O)C2)s1. The van der Waals surface area contributed by atoms with Crippen LogP contribution in [0.5, 0.6) is 0 Å². The number of aryl methyl sites for hydroxylation is 2. The molecule has 1 aliphatic carbocycles. The molecule has 5 nitrogen and oxygen atoms in total. The molecule has 1 N–H and O–H groups in total. The number of rotatable bonds is 3. The lowest BCUT2D eigenvalue weighted by atomic mass is 10.1. The molecule has 0 amide bonds. The number of hydrogen-bond donors (Lipinski definition) is 1. The van der Waals surface area contributed by atoms with Gasteiger partial charge in [-0.25, -0.2) is 9.97 Å². The minimum absolute atomic E-state index is 0.0800. The smallest absolute Gasteiger partial charge is 0.254 e. The topological polar surface area (TPSA) is 61.9 Å². The van der Waals surface area contributed by atoms with Crippen molar-refractivity contribution in [2.45, 2.75) is 52.1 Å². The lowest BCUT2D eigenvalue weighted by Gasteiger charge is -2.27. The molecule has 2 aliphatic rings. The summed E-state index contributed by atoms with van der Waals surface area (Å²) in [7, 11) is 0. The lowest BCUT2D eigenvalue weighted by molar-refractivity contribution is 0.241. The van der Waals surface area contributed by atoms with Crippen molar-refractivity contribution in [2.75, 3.05) is 6.54 Å². The Morgan fingerprint density at radius 2 is 2.14 bits per heavy atom. The van der Waals surface area contributed by atoms with E-state index in [2.05, 4.69) is 28.7 Å². The molecule has 0 saturated heterocycles. The highest BCUT2D eigenvalue weighted by Gasteiger charge is 2.29. The van der Waals surface area contributed by atoms with Gasteiger partial charge < -0.3 is 4.98 Å². The zero-order valence-electron chi connectivity index (χ0n) is 13.0. The molecule has 0 atom stereocenters. The molecule has 1 saturated carbocycles. The van der Waals surface area contributed by atoms with Crippen molar-refractivity contribution in [3.63, 3.8) is 0 Å². The number of aromatic amines is 1. The van der Waals surface area contributed by atoms with Crippen molar-refractivity contribution in [3.8, 4) is 0 Å². The van der Waals surface area contributed by atoms with Gasteiger partial charge in [0.1, 0.15) is 5.82 Å². The first-order chi connectivity index (χ1) is 10.6. The molecular formula is C16H20N4OS. The summed E-state index contributed by atoms with van der Waals surface area (Å²) >= 11 is 1.77. The molecule has 3 heterocycles. The fraction of sp³-hybridized carbons (Fsp3) is 0.562. The maximum Gasteiger partial charge on any atom is 0.254 e. The van der Waals surface area contributed by atoms with E-state index in [0.29, 0.717) is 5.92 Å². The number of hydrogen-bond acceptors (Lipinski definition) is 5. The van der Waals surface area contributed by atoms with Crippen LogP contribution in [0.25, 0.3) is 0 Å². The maximum absolute atomic E-state index is 12.2. The third kappa shape index (κ3) is 2.61. The third-order valence-electron chi connectivity index (χ3n) is 4.50. The van der Waals surface area contributed by atoms with Gasteiger partial charge >= 0.3 is 0 Å². The fourth-order valence-electron chi connectivity index (χ4n) is 3.12. The predicted octanol–water partition coefficient (Wildman–Crippen LogP) is 2.28. The average Bonchev–Trinajstić information content (AvgIpc) is 3.26. The quantitative estimate of drug-likeness (QED) is 0.943.